The Hall–Kier alpha value is -4.32. The number of benzene rings is 3. The second kappa shape index (κ2) is 9.89. The van der Waals surface area contributed by atoms with Gasteiger partial charge in [0.05, 0.1) is 12.5 Å². The molecule has 0 saturated carbocycles. The summed E-state index contributed by atoms with van der Waals surface area (Å²) in [4.78, 5) is 25.1. The highest BCUT2D eigenvalue weighted by Gasteiger charge is 2.14. The fourth-order valence-electron chi connectivity index (χ4n) is 3.40. The summed E-state index contributed by atoms with van der Waals surface area (Å²) in [5.74, 6) is 1.05. The van der Waals surface area contributed by atoms with Gasteiger partial charge in [-0.3, -0.25) is 4.79 Å². The number of carbonyl (C=O) groups excluding carboxylic acids is 1. The first kappa shape index (κ1) is 23.8. The number of carbonyl (C=O) groups is 1. The Morgan fingerprint density at radius 2 is 1.54 bits per heavy atom. The van der Waals surface area contributed by atoms with Crippen LogP contribution in [0.5, 0.6) is 23.0 Å². The Labute approximate surface area is 203 Å². The van der Waals surface area contributed by atoms with Crippen molar-refractivity contribution in [2.24, 2.45) is 0 Å². The molecule has 4 aromatic rings. The summed E-state index contributed by atoms with van der Waals surface area (Å²) < 4.78 is 21.8. The molecule has 0 spiro atoms. The van der Waals surface area contributed by atoms with Crippen LogP contribution in [0.2, 0.25) is 0 Å². The minimum absolute atomic E-state index is 0.0210. The summed E-state index contributed by atoms with van der Waals surface area (Å²) in [7, 11) is 1.59. The molecule has 0 atom stereocenters. The van der Waals surface area contributed by atoms with Gasteiger partial charge in [0, 0.05) is 12.1 Å². The molecule has 0 saturated heterocycles. The molecule has 178 valence electrons. The smallest absolute Gasteiger partial charge is 0.336 e. The van der Waals surface area contributed by atoms with Crippen LogP contribution in [0, 0.1) is 0 Å². The standard InChI is InChI=1S/C29H26O6/c1-29(2,3)20-8-12-22(13-9-20)34-26-18-33-25-17-23(14-15-24(25)28(26)31)35-27(30)16-7-19-5-10-21(32-4)11-6-19/h5-18H,1-4H3/b16-7+. The van der Waals surface area contributed by atoms with Gasteiger partial charge in [0.1, 0.15) is 29.1 Å². The van der Waals surface area contributed by atoms with Gasteiger partial charge in [-0.15, -0.1) is 0 Å². The van der Waals surface area contributed by atoms with Crippen LogP contribution in [0.15, 0.2) is 88.3 Å². The number of methoxy groups -OCH3 is 1. The van der Waals surface area contributed by atoms with E-state index in [1.54, 1.807) is 37.5 Å². The number of rotatable bonds is 6. The molecule has 0 unspecified atom stereocenters. The molecule has 0 bridgehead atoms. The van der Waals surface area contributed by atoms with E-state index in [0.29, 0.717) is 11.1 Å². The van der Waals surface area contributed by atoms with Crippen molar-refractivity contribution in [3.8, 4) is 23.0 Å². The maximum Gasteiger partial charge on any atom is 0.336 e. The molecule has 0 fully saturated rings. The molecule has 0 radical (unpaired) electrons. The van der Waals surface area contributed by atoms with Gasteiger partial charge in [0.2, 0.25) is 11.2 Å². The molecule has 6 heteroatoms. The van der Waals surface area contributed by atoms with E-state index in [-0.39, 0.29) is 27.9 Å². The molecule has 35 heavy (non-hydrogen) atoms. The van der Waals surface area contributed by atoms with Crippen molar-refractivity contribution in [1.29, 1.82) is 0 Å². The third kappa shape index (κ3) is 5.79. The van der Waals surface area contributed by atoms with Crippen molar-refractivity contribution in [3.63, 3.8) is 0 Å². The lowest BCUT2D eigenvalue weighted by molar-refractivity contribution is -0.128. The molecule has 0 aliphatic carbocycles. The van der Waals surface area contributed by atoms with Crippen LogP contribution in [0.3, 0.4) is 0 Å². The first-order valence-corrected chi connectivity index (χ1v) is 11.1. The minimum Gasteiger partial charge on any atom is -0.497 e. The Kier molecular flexibility index (Phi) is 6.73. The Bertz CT molecular complexity index is 1420. The lowest BCUT2D eigenvalue weighted by Gasteiger charge is -2.19. The molecule has 6 nitrogen and oxygen atoms in total. The highest BCUT2D eigenvalue weighted by Crippen LogP contribution is 2.27. The van der Waals surface area contributed by atoms with Gasteiger partial charge in [-0.2, -0.15) is 0 Å². The van der Waals surface area contributed by atoms with Gasteiger partial charge >= 0.3 is 5.97 Å². The van der Waals surface area contributed by atoms with E-state index >= 15 is 0 Å². The molecule has 4 rings (SSSR count). The number of esters is 1. The third-order valence-corrected chi connectivity index (χ3v) is 5.41. The SMILES string of the molecule is COc1ccc(/C=C/C(=O)Oc2ccc3c(=O)c(Oc4ccc(C(C)(C)C)cc4)coc3c2)cc1. The van der Waals surface area contributed by atoms with Crippen LogP contribution < -0.4 is 19.6 Å². The van der Waals surface area contributed by atoms with E-state index < -0.39 is 5.97 Å². The van der Waals surface area contributed by atoms with Crippen molar-refractivity contribution in [1.82, 2.24) is 0 Å². The van der Waals surface area contributed by atoms with Crippen LogP contribution in [-0.2, 0) is 10.2 Å². The third-order valence-electron chi connectivity index (χ3n) is 5.41. The van der Waals surface area contributed by atoms with Gasteiger partial charge in [0.25, 0.3) is 0 Å². The summed E-state index contributed by atoms with van der Waals surface area (Å²) in [6, 6.07) is 19.4. The predicted octanol–water partition coefficient (Wildman–Crippen LogP) is 6.51. The van der Waals surface area contributed by atoms with E-state index in [1.165, 1.54) is 18.4 Å². The van der Waals surface area contributed by atoms with E-state index in [0.717, 1.165) is 16.9 Å². The average molecular weight is 471 g/mol. The maximum atomic E-state index is 12.9. The van der Waals surface area contributed by atoms with Crippen molar-refractivity contribution in [2.75, 3.05) is 7.11 Å². The second-order valence-electron chi connectivity index (χ2n) is 8.99. The number of fused-ring (bicyclic) bond motifs is 1. The minimum atomic E-state index is -0.554. The largest absolute Gasteiger partial charge is 0.497 e. The second-order valence-corrected chi connectivity index (χ2v) is 8.99. The van der Waals surface area contributed by atoms with Crippen LogP contribution in [0.1, 0.15) is 31.9 Å². The molecule has 1 heterocycles. The van der Waals surface area contributed by atoms with Crippen molar-refractivity contribution in [3.05, 3.63) is 100 Å². The molecular formula is C29H26O6. The van der Waals surface area contributed by atoms with Gasteiger partial charge < -0.3 is 18.6 Å². The lowest BCUT2D eigenvalue weighted by Crippen LogP contribution is -2.10. The Morgan fingerprint density at radius 3 is 2.20 bits per heavy atom. The Morgan fingerprint density at radius 1 is 0.886 bits per heavy atom. The predicted molar refractivity (Wildman–Crippen MR) is 135 cm³/mol. The Balaban J connectivity index is 1.47. The number of ether oxygens (including phenoxy) is 3. The van der Waals surface area contributed by atoms with Crippen molar-refractivity contribution >= 4 is 23.0 Å². The quantitative estimate of drug-likeness (QED) is 0.182. The highest BCUT2D eigenvalue weighted by atomic mass is 16.5. The van der Waals surface area contributed by atoms with E-state index in [9.17, 15) is 9.59 Å². The zero-order chi connectivity index (χ0) is 25.0. The zero-order valence-electron chi connectivity index (χ0n) is 20.0. The van der Waals surface area contributed by atoms with Crippen molar-refractivity contribution < 1.29 is 23.4 Å². The van der Waals surface area contributed by atoms with Crippen LogP contribution >= 0.6 is 0 Å². The van der Waals surface area contributed by atoms with Gasteiger partial charge in [-0.25, -0.2) is 4.79 Å². The lowest BCUT2D eigenvalue weighted by atomic mass is 9.87. The topological polar surface area (TPSA) is 75.0 Å². The monoisotopic (exact) mass is 470 g/mol. The summed E-state index contributed by atoms with van der Waals surface area (Å²) >= 11 is 0. The average Bonchev–Trinajstić information content (AvgIpc) is 2.84. The molecule has 0 N–H and O–H groups in total. The summed E-state index contributed by atoms with van der Waals surface area (Å²) in [5, 5.41) is 0.322. The number of hydrogen-bond acceptors (Lipinski definition) is 6. The molecule has 3 aromatic carbocycles. The molecule has 0 aliphatic heterocycles. The summed E-state index contributed by atoms with van der Waals surface area (Å²) in [6.45, 7) is 6.39. The zero-order valence-corrected chi connectivity index (χ0v) is 20.0. The molecule has 0 aliphatic rings. The summed E-state index contributed by atoms with van der Waals surface area (Å²) in [5.41, 5.74) is 1.98. The summed E-state index contributed by atoms with van der Waals surface area (Å²) in [6.07, 6.45) is 4.22. The molecule has 1 aromatic heterocycles. The molecule has 0 amide bonds. The van der Waals surface area contributed by atoms with E-state index in [1.807, 2.05) is 36.4 Å². The fraction of sp³-hybridized carbons (Fsp3) is 0.172. The molecular weight excluding hydrogens is 444 g/mol. The maximum absolute atomic E-state index is 12.9. The van der Waals surface area contributed by atoms with Crippen molar-refractivity contribution in [2.45, 2.75) is 26.2 Å². The van der Waals surface area contributed by atoms with Crippen LogP contribution in [0.4, 0.5) is 0 Å². The normalized spacial score (nSPS) is 11.5. The first-order chi connectivity index (χ1) is 16.7. The first-order valence-electron chi connectivity index (χ1n) is 11.1. The highest BCUT2D eigenvalue weighted by molar-refractivity contribution is 5.89. The van der Waals surface area contributed by atoms with E-state index in [2.05, 4.69) is 20.8 Å². The number of hydrogen-bond donors (Lipinski definition) is 0. The fourth-order valence-corrected chi connectivity index (χ4v) is 3.40. The van der Waals surface area contributed by atoms with Gasteiger partial charge in [-0.05, 0) is 59.0 Å². The van der Waals surface area contributed by atoms with Crippen LogP contribution in [0.25, 0.3) is 17.0 Å². The van der Waals surface area contributed by atoms with E-state index in [4.69, 9.17) is 18.6 Å². The van der Waals surface area contributed by atoms with Gasteiger partial charge in [0.15, 0.2) is 0 Å². The van der Waals surface area contributed by atoms with Gasteiger partial charge in [-0.1, -0.05) is 45.0 Å². The van der Waals surface area contributed by atoms with Crippen LogP contribution in [-0.4, -0.2) is 13.1 Å².